The Bertz CT molecular complexity index is 3140. The molecule has 6 aromatic rings. The Hall–Kier alpha value is -5.88. The van der Waals surface area contributed by atoms with Crippen molar-refractivity contribution in [1.82, 2.24) is 35.9 Å². The lowest BCUT2D eigenvalue weighted by Crippen LogP contribution is -2.42. The number of carboxylic acids is 2. The Balaban J connectivity index is 0.000000195. The molecule has 17 heteroatoms. The molecule has 6 heterocycles. The first-order valence-corrected chi connectivity index (χ1v) is 34.8. The molecule has 2 atom stereocenters. The summed E-state index contributed by atoms with van der Waals surface area (Å²) in [5.74, 6) is 4.32. The molecule has 2 amide bonds. The zero-order valence-corrected chi connectivity index (χ0v) is 56.4. The number of nitrogens with one attached hydrogen (secondary N) is 3. The molecule has 2 saturated heterocycles. The fourth-order valence-electron chi connectivity index (χ4n) is 13.1. The fourth-order valence-corrected chi connectivity index (χ4v) is 15.2. The Labute approximate surface area is 539 Å². The third kappa shape index (κ3) is 19.8. The van der Waals surface area contributed by atoms with Crippen molar-refractivity contribution >= 4 is 68.0 Å². The van der Waals surface area contributed by atoms with Gasteiger partial charge < -0.3 is 31.1 Å². The Kier molecular flexibility index (Phi) is 24.9. The SMILES string of the molecule is CC(C)(C)c1ccc(C(=O)N[C@@H](Cc2ccc(-c3ncc(Br)cn3)cc2)C(=O)O)s1.CCC1CCC(C2CCNCC2)CC1.CCCC1CCC(C2CCN(c3cnc(-c4ccc(C[C@H](NC(=O)c5ccc(C(C)(C)C)s5)C(=O)O)cc4)nc3)CC2)CC1. The molecule has 0 bridgehead atoms. The number of aliphatic carboxylic acids is 2. The molecule has 2 aliphatic carbocycles. The minimum atomic E-state index is -1.07. The predicted octanol–water partition coefficient (Wildman–Crippen LogP) is 15.6. The molecule has 0 unspecified atom stereocenters. The molecule has 5 N–H and O–H groups in total. The lowest BCUT2D eigenvalue weighted by molar-refractivity contribution is -0.140. The summed E-state index contributed by atoms with van der Waals surface area (Å²) in [5, 5.41) is 28.2. The van der Waals surface area contributed by atoms with Gasteiger partial charge in [-0.3, -0.25) is 9.59 Å². The van der Waals surface area contributed by atoms with Gasteiger partial charge >= 0.3 is 11.9 Å². The summed E-state index contributed by atoms with van der Waals surface area (Å²) in [7, 11) is 0. The van der Waals surface area contributed by atoms with Crippen LogP contribution < -0.4 is 20.9 Å². The summed E-state index contributed by atoms with van der Waals surface area (Å²) in [6.45, 7) is 21.9. The number of aromatic nitrogens is 4. The monoisotopic (exact) mass is 1300 g/mol. The first-order valence-electron chi connectivity index (χ1n) is 32.4. The van der Waals surface area contributed by atoms with Gasteiger partial charge in [-0.05, 0) is 162 Å². The van der Waals surface area contributed by atoms with Gasteiger partial charge in [-0.1, -0.05) is 149 Å². The lowest BCUT2D eigenvalue weighted by atomic mass is 9.72. The Morgan fingerprint density at radius 2 is 0.955 bits per heavy atom. The Morgan fingerprint density at radius 3 is 1.34 bits per heavy atom. The van der Waals surface area contributed by atoms with Crippen molar-refractivity contribution < 1.29 is 29.4 Å². The zero-order valence-electron chi connectivity index (χ0n) is 53.2. The average Bonchev–Trinajstić information content (AvgIpc) is 4.29. The van der Waals surface area contributed by atoms with Gasteiger partial charge in [0, 0.05) is 59.2 Å². The fraction of sp³-hybridized carbons (Fsp3) is 0.549. The van der Waals surface area contributed by atoms with Gasteiger partial charge in [-0.25, -0.2) is 29.5 Å². The van der Waals surface area contributed by atoms with Crippen LogP contribution in [0.5, 0.6) is 0 Å². The molecular weight excluding hydrogens is 1200 g/mol. The number of carbonyl (C=O) groups excluding carboxylic acids is 2. The topological polar surface area (TPSA) is 200 Å². The summed E-state index contributed by atoms with van der Waals surface area (Å²) in [6.07, 6.45) is 28.9. The standard InChI is InChI=1S/C36H48N4O3S.C22H22BrN3O3S.C13H25N/c1-5-6-24-7-11-26(12-8-24)27-17-19-40(20-18-27)29-22-37-33(38-23-29)28-13-9-25(10-14-28)21-30(35(42)43)39-34(41)31-15-16-32(44-31)36(2,3)4;1-22(2,3)18-9-8-17(30-18)20(27)26-16(21(28)29)10-13-4-6-14(7-5-13)19-24-11-15(23)12-25-19;1-2-11-3-5-12(6-4-11)13-7-9-14-10-8-13/h9-10,13-16,22-24,26-27,30H,5-8,11-12,17-21H2,1-4H3,(H,39,41)(H,42,43);4-9,11-12,16H,10H2,1-3H3,(H,26,27)(H,28,29);11-14H,2-10H2,1H3/t24?,26?,30-;16-;/m00./s1. The van der Waals surface area contributed by atoms with Crippen LogP contribution in [0.4, 0.5) is 5.69 Å². The van der Waals surface area contributed by atoms with Crippen LogP contribution in [-0.2, 0) is 33.3 Å². The van der Waals surface area contributed by atoms with Crippen LogP contribution >= 0.6 is 38.6 Å². The van der Waals surface area contributed by atoms with Crippen LogP contribution in [0, 0.1) is 35.5 Å². The third-order valence-electron chi connectivity index (χ3n) is 18.6. The van der Waals surface area contributed by atoms with Crippen LogP contribution in [0.1, 0.15) is 192 Å². The van der Waals surface area contributed by atoms with E-state index in [-0.39, 0.29) is 35.5 Å². The van der Waals surface area contributed by atoms with Gasteiger partial charge in [-0.15, -0.1) is 22.7 Å². The second-order valence-electron chi connectivity index (χ2n) is 27.0. The van der Waals surface area contributed by atoms with Crippen molar-refractivity contribution in [3.05, 3.63) is 133 Å². The van der Waals surface area contributed by atoms with E-state index in [1.165, 1.54) is 132 Å². The highest BCUT2D eigenvalue weighted by molar-refractivity contribution is 9.10. The molecule has 4 aromatic heterocycles. The third-order valence-corrected chi connectivity index (χ3v) is 22.0. The minimum absolute atomic E-state index is 0.0598. The number of carbonyl (C=O) groups is 4. The van der Waals surface area contributed by atoms with Crippen LogP contribution in [0.3, 0.4) is 0 Å². The quantitative estimate of drug-likeness (QED) is 0.0546. The van der Waals surface area contributed by atoms with Crippen LogP contribution in [0.15, 0.2) is 102 Å². The molecular formula is C71H95BrN8O6S2. The largest absolute Gasteiger partial charge is 0.480 e. The van der Waals surface area contributed by atoms with E-state index in [1.54, 1.807) is 24.5 Å². The molecule has 2 saturated carbocycles. The van der Waals surface area contributed by atoms with E-state index in [9.17, 15) is 29.4 Å². The van der Waals surface area contributed by atoms with E-state index in [0.717, 1.165) is 90.8 Å². The van der Waals surface area contributed by atoms with Gasteiger partial charge in [0.2, 0.25) is 0 Å². The number of piperidine rings is 2. The minimum Gasteiger partial charge on any atom is -0.480 e. The van der Waals surface area contributed by atoms with Crippen molar-refractivity contribution in [3.63, 3.8) is 0 Å². The highest BCUT2D eigenvalue weighted by Crippen LogP contribution is 2.41. The summed E-state index contributed by atoms with van der Waals surface area (Å²) in [5.41, 5.74) is 4.28. The number of rotatable bonds is 18. The van der Waals surface area contributed by atoms with Crippen LogP contribution in [-0.4, -0.2) is 92.2 Å². The van der Waals surface area contributed by atoms with Gasteiger partial charge in [0.1, 0.15) is 12.1 Å². The number of nitrogens with zero attached hydrogens (tertiary/aromatic N) is 5. The maximum Gasteiger partial charge on any atom is 0.326 e. The van der Waals surface area contributed by atoms with E-state index >= 15 is 0 Å². The molecule has 88 heavy (non-hydrogen) atoms. The maximum absolute atomic E-state index is 12.8. The first-order chi connectivity index (χ1) is 42.1. The van der Waals surface area contributed by atoms with E-state index in [2.05, 4.69) is 112 Å². The van der Waals surface area contributed by atoms with Gasteiger partial charge in [-0.2, -0.15) is 0 Å². The second kappa shape index (κ2) is 32.2. The summed E-state index contributed by atoms with van der Waals surface area (Å²) in [4.78, 5) is 72.5. The summed E-state index contributed by atoms with van der Waals surface area (Å²) in [6, 6.07) is 20.3. The number of hydrogen-bond acceptors (Lipinski definition) is 12. The Morgan fingerprint density at radius 1 is 0.557 bits per heavy atom. The average molecular weight is 1300 g/mol. The molecule has 2 aliphatic heterocycles. The maximum atomic E-state index is 12.8. The molecule has 474 valence electrons. The molecule has 10 rings (SSSR count). The lowest BCUT2D eigenvalue weighted by Gasteiger charge is -2.39. The van der Waals surface area contributed by atoms with Gasteiger partial charge in [0.05, 0.1) is 32.3 Å². The van der Waals surface area contributed by atoms with Crippen molar-refractivity contribution in [2.75, 3.05) is 31.1 Å². The number of thiophene rings is 2. The first kappa shape index (κ1) is 68.0. The number of hydrogen-bond donors (Lipinski definition) is 5. The zero-order chi connectivity index (χ0) is 63.0. The molecule has 2 aromatic carbocycles. The molecule has 0 radical (unpaired) electrons. The van der Waals surface area contributed by atoms with Gasteiger partial charge in [0.15, 0.2) is 11.6 Å². The van der Waals surface area contributed by atoms with Crippen molar-refractivity contribution in [1.29, 1.82) is 0 Å². The number of benzene rings is 2. The van der Waals surface area contributed by atoms with E-state index < -0.39 is 24.0 Å². The van der Waals surface area contributed by atoms with Crippen LogP contribution in [0.2, 0.25) is 0 Å². The molecule has 14 nitrogen and oxygen atoms in total. The highest BCUT2D eigenvalue weighted by atomic mass is 79.9. The molecule has 4 aliphatic rings. The van der Waals surface area contributed by atoms with E-state index in [0.29, 0.717) is 21.4 Å². The number of carboxylic acid groups (broad SMARTS) is 2. The predicted molar refractivity (Wildman–Crippen MR) is 360 cm³/mol. The van der Waals surface area contributed by atoms with Crippen molar-refractivity contribution in [2.45, 2.75) is 187 Å². The molecule has 0 spiro atoms. The number of anilines is 1. The summed E-state index contributed by atoms with van der Waals surface area (Å²) >= 11 is 6.09. The van der Waals surface area contributed by atoms with E-state index in [1.807, 2.05) is 73.1 Å². The number of amides is 2. The van der Waals surface area contributed by atoms with Gasteiger partial charge in [0.25, 0.3) is 11.8 Å². The second-order valence-corrected chi connectivity index (χ2v) is 30.1. The normalized spacial score (nSPS) is 20.1. The number of halogens is 1. The highest BCUT2D eigenvalue weighted by Gasteiger charge is 2.32. The smallest absolute Gasteiger partial charge is 0.326 e. The molecule has 4 fully saturated rings. The van der Waals surface area contributed by atoms with Crippen molar-refractivity contribution in [2.24, 2.45) is 35.5 Å². The van der Waals surface area contributed by atoms with Crippen LogP contribution in [0.25, 0.3) is 22.8 Å². The summed E-state index contributed by atoms with van der Waals surface area (Å²) < 4.78 is 0.795. The van der Waals surface area contributed by atoms with Crippen molar-refractivity contribution in [3.8, 4) is 22.8 Å². The van der Waals surface area contributed by atoms with E-state index in [4.69, 9.17) is 0 Å².